The lowest BCUT2D eigenvalue weighted by molar-refractivity contribution is 0.0223. The van der Waals surface area contributed by atoms with Crippen LogP contribution in [0.1, 0.15) is 55.2 Å². The molecule has 1 saturated carbocycles. The van der Waals surface area contributed by atoms with E-state index in [4.69, 9.17) is 4.74 Å². The molecule has 2 N–H and O–H groups in total. The van der Waals surface area contributed by atoms with Crippen molar-refractivity contribution in [2.24, 2.45) is 17.8 Å². The maximum absolute atomic E-state index is 15.0. The largest absolute Gasteiger partial charge is 0.453 e. The van der Waals surface area contributed by atoms with Gasteiger partial charge < -0.3 is 30.1 Å². The van der Waals surface area contributed by atoms with Gasteiger partial charge >= 0.3 is 6.09 Å². The third-order valence-corrected chi connectivity index (χ3v) is 12.4. The van der Waals surface area contributed by atoms with Crippen LogP contribution in [0.25, 0.3) is 0 Å². The molecule has 49 heavy (non-hydrogen) atoms. The number of nitriles is 1. The minimum Gasteiger partial charge on any atom is -0.453 e. The van der Waals surface area contributed by atoms with Crippen molar-refractivity contribution in [2.45, 2.75) is 56.5 Å². The molecule has 5 aliphatic rings. The first kappa shape index (κ1) is 34.2. The molecular weight excluding hydrogens is 617 g/mol. The van der Waals surface area contributed by atoms with Crippen LogP contribution in [0.3, 0.4) is 0 Å². The van der Waals surface area contributed by atoms with Crippen molar-refractivity contribution in [3.63, 3.8) is 0 Å². The number of benzene rings is 2. The molecule has 4 heterocycles. The fraction of sp³-hybridized carbons (Fsp3) is 0.641. The third kappa shape index (κ3) is 7.46. The minimum absolute atomic E-state index is 0.0237. The van der Waals surface area contributed by atoms with E-state index < -0.39 is 0 Å². The average molecular weight is 672 g/mol. The molecule has 1 aliphatic carbocycles. The van der Waals surface area contributed by atoms with Crippen LogP contribution < -0.4 is 15.5 Å². The molecular formula is C39H54FN7O2. The molecule has 264 valence electrons. The van der Waals surface area contributed by atoms with Crippen LogP contribution in [0.15, 0.2) is 42.5 Å². The quantitative estimate of drug-likeness (QED) is 0.364. The van der Waals surface area contributed by atoms with Crippen molar-refractivity contribution < 1.29 is 13.9 Å². The van der Waals surface area contributed by atoms with Crippen LogP contribution >= 0.6 is 0 Å². The molecule has 0 unspecified atom stereocenters. The number of carbonyl (C=O) groups is 1. The molecule has 10 heteroatoms. The smallest absolute Gasteiger partial charge is 0.407 e. The molecule has 7 rings (SSSR count). The maximum atomic E-state index is 15.0. The van der Waals surface area contributed by atoms with Crippen molar-refractivity contribution in [1.29, 1.82) is 5.26 Å². The molecule has 0 radical (unpaired) electrons. The van der Waals surface area contributed by atoms with Crippen molar-refractivity contribution in [1.82, 2.24) is 25.3 Å². The van der Waals surface area contributed by atoms with E-state index in [0.29, 0.717) is 11.8 Å². The molecule has 3 atom stereocenters. The van der Waals surface area contributed by atoms with E-state index in [9.17, 15) is 14.4 Å². The van der Waals surface area contributed by atoms with Gasteiger partial charge in [0.25, 0.3) is 0 Å². The van der Waals surface area contributed by atoms with Gasteiger partial charge in [0.2, 0.25) is 0 Å². The van der Waals surface area contributed by atoms with Crippen molar-refractivity contribution in [3.05, 3.63) is 65.0 Å². The number of methoxy groups -OCH3 is 1. The maximum Gasteiger partial charge on any atom is 0.407 e. The number of halogens is 1. The van der Waals surface area contributed by atoms with E-state index in [1.807, 2.05) is 12.1 Å². The molecule has 0 spiro atoms. The number of piperazine rings is 1. The molecule has 4 aliphatic heterocycles. The van der Waals surface area contributed by atoms with Gasteiger partial charge in [-0.15, -0.1) is 0 Å². The number of hydrogen-bond donors (Lipinski definition) is 2. The normalized spacial score (nSPS) is 25.6. The highest BCUT2D eigenvalue weighted by Crippen LogP contribution is 2.51. The Morgan fingerprint density at radius 3 is 2.47 bits per heavy atom. The zero-order valence-corrected chi connectivity index (χ0v) is 29.2. The first-order valence-corrected chi connectivity index (χ1v) is 18.7. The third-order valence-electron chi connectivity index (χ3n) is 12.4. The number of rotatable bonds is 11. The summed E-state index contributed by atoms with van der Waals surface area (Å²) in [5.41, 5.74) is 4.03. The Balaban J connectivity index is 1.02. The Morgan fingerprint density at radius 1 is 0.980 bits per heavy atom. The van der Waals surface area contributed by atoms with Crippen LogP contribution in [-0.2, 0) is 16.7 Å². The number of hydrogen-bond acceptors (Lipinski definition) is 8. The number of likely N-dealkylation sites (tertiary alicyclic amines) is 2. The topological polar surface area (TPSA) is 87.1 Å². The summed E-state index contributed by atoms with van der Waals surface area (Å²) in [6.45, 7) is 13.3. The summed E-state index contributed by atoms with van der Waals surface area (Å²) in [5, 5.41) is 16.4. The van der Waals surface area contributed by atoms with Gasteiger partial charge in [-0.1, -0.05) is 18.6 Å². The number of nitrogens with zero attached hydrogens (tertiary/aromatic N) is 5. The standard InChI is InChI=1S/C39H54FN7O2/c1-49-38(48)43-37-8-3-7-36(37)39(28-46-15-4-16-46,33-5-2-6-34(40)22-33)32-11-17-44(18-12-32)24-29-25-47(26-29)35-10-9-30(23-41)31(21-35)27-45-19-13-42-14-20-45/h2,5-6,9-10,21-22,29,32,36-37,42H,3-4,7-8,11-20,24-28H2,1H3,(H,43,48)/t36-,37-,39-/m0/s1. The predicted octanol–water partition coefficient (Wildman–Crippen LogP) is 4.42. The second kappa shape index (κ2) is 15.3. The lowest BCUT2D eigenvalue weighted by Crippen LogP contribution is -2.60. The van der Waals surface area contributed by atoms with Gasteiger partial charge in [0.05, 0.1) is 18.7 Å². The zero-order chi connectivity index (χ0) is 33.8. The summed E-state index contributed by atoms with van der Waals surface area (Å²) in [7, 11) is 1.44. The first-order chi connectivity index (χ1) is 23.9. The van der Waals surface area contributed by atoms with Gasteiger partial charge in [-0.3, -0.25) is 4.90 Å². The van der Waals surface area contributed by atoms with E-state index in [1.165, 1.54) is 19.2 Å². The van der Waals surface area contributed by atoms with E-state index in [1.54, 1.807) is 12.1 Å². The highest BCUT2D eigenvalue weighted by Gasteiger charge is 2.53. The summed E-state index contributed by atoms with van der Waals surface area (Å²) >= 11 is 0. The molecule has 0 bridgehead atoms. The summed E-state index contributed by atoms with van der Waals surface area (Å²) in [4.78, 5) is 22.6. The summed E-state index contributed by atoms with van der Waals surface area (Å²) in [6, 6.07) is 16.2. The Hall–Kier alpha value is -3.23. The van der Waals surface area contributed by atoms with Gasteiger partial charge in [0, 0.05) is 82.0 Å². The van der Waals surface area contributed by atoms with Gasteiger partial charge in [-0.05, 0) is 112 Å². The van der Waals surface area contributed by atoms with E-state index in [2.05, 4.69) is 54.5 Å². The second-order valence-corrected chi connectivity index (χ2v) is 15.3. The van der Waals surface area contributed by atoms with Gasteiger partial charge in [-0.2, -0.15) is 5.26 Å². The van der Waals surface area contributed by atoms with E-state index in [-0.39, 0.29) is 29.3 Å². The fourth-order valence-corrected chi connectivity index (χ4v) is 9.76. The molecule has 1 amide bonds. The Kier molecular flexibility index (Phi) is 10.7. The van der Waals surface area contributed by atoms with Crippen molar-refractivity contribution in [3.8, 4) is 6.07 Å². The molecule has 9 nitrogen and oxygen atoms in total. The monoisotopic (exact) mass is 671 g/mol. The summed E-state index contributed by atoms with van der Waals surface area (Å²) < 4.78 is 20.0. The van der Waals surface area contributed by atoms with Crippen LogP contribution in [0, 0.1) is 34.9 Å². The number of amides is 1. The Bertz CT molecular complexity index is 1480. The van der Waals surface area contributed by atoms with Crippen LogP contribution in [0.5, 0.6) is 0 Å². The fourth-order valence-electron chi connectivity index (χ4n) is 9.76. The van der Waals surface area contributed by atoms with E-state index >= 15 is 0 Å². The SMILES string of the molecule is COC(=O)N[C@H]1CCC[C@@H]1[C@](CN1CCC1)(c1cccc(F)c1)C1CCN(CC2CN(c3ccc(C#N)c(CN4CCNCC4)c3)C2)CC1. The molecule has 2 aromatic carbocycles. The number of piperidine rings is 1. The predicted molar refractivity (Wildman–Crippen MR) is 190 cm³/mol. The van der Waals surface area contributed by atoms with Crippen molar-refractivity contribution >= 4 is 11.8 Å². The zero-order valence-electron chi connectivity index (χ0n) is 29.2. The highest BCUT2D eigenvalue weighted by atomic mass is 19.1. The number of nitrogens with one attached hydrogen (secondary N) is 2. The number of ether oxygens (including phenoxy) is 1. The van der Waals surface area contributed by atoms with Gasteiger partial charge in [0.1, 0.15) is 5.82 Å². The number of carbonyl (C=O) groups excluding carboxylic acids is 1. The molecule has 2 aromatic rings. The molecule has 5 fully saturated rings. The second-order valence-electron chi connectivity index (χ2n) is 15.3. The van der Waals surface area contributed by atoms with Gasteiger partial charge in [-0.25, -0.2) is 9.18 Å². The van der Waals surface area contributed by atoms with Crippen molar-refractivity contribution in [2.75, 3.05) is 90.5 Å². The summed E-state index contributed by atoms with van der Waals surface area (Å²) in [6.07, 6.45) is 6.03. The minimum atomic E-state index is -0.366. The van der Waals surface area contributed by atoms with Crippen LogP contribution in [0.2, 0.25) is 0 Å². The number of anilines is 1. The number of alkyl carbamates (subject to hydrolysis) is 1. The summed E-state index contributed by atoms with van der Waals surface area (Å²) in [5.74, 6) is 1.09. The first-order valence-electron chi connectivity index (χ1n) is 18.7. The molecule has 4 saturated heterocycles. The van der Waals surface area contributed by atoms with Crippen LogP contribution in [-0.4, -0.2) is 112 Å². The lowest BCUT2D eigenvalue weighted by atomic mass is 9.57. The Labute approximate surface area is 291 Å². The average Bonchev–Trinajstić information content (AvgIpc) is 3.55. The lowest BCUT2D eigenvalue weighted by Gasteiger charge is -2.54. The van der Waals surface area contributed by atoms with E-state index in [0.717, 1.165) is 134 Å². The van der Waals surface area contributed by atoms with Gasteiger partial charge in [0.15, 0.2) is 0 Å². The van der Waals surface area contributed by atoms with Crippen LogP contribution in [0.4, 0.5) is 14.9 Å². The highest BCUT2D eigenvalue weighted by molar-refractivity contribution is 5.67. The molecule has 0 aromatic heterocycles. The Morgan fingerprint density at radius 2 is 1.78 bits per heavy atom.